The van der Waals surface area contributed by atoms with Gasteiger partial charge in [-0.15, -0.1) is 5.10 Å². The van der Waals surface area contributed by atoms with Crippen LogP contribution in [0.2, 0.25) is 5.02 Å². The Morgan fingerprint density at radius 1 is 1.11 bits per heavy atom. The molecule has 0 unspecified atom stereocenters. The number of fused-ring (bicyclic) bond motifs is 1. The van der Waals surface area contributed by atoms with Crippen LogP contribution in [0.3, 0.4) is 0 Å². The fourth-order valence-corrected chi connectivity index (χ4v) is 4.47. The first-order valence-electron chi connectivity index (χ1n) is 8.29. The van der Waals surface area contributed by atoms with E-state index in [2.05, 4.69) is 10.1 Å². The molecule has 2 heterocycles. The SMILES string of the molecule is O=c1cc(/C=C/c2ccc(F)cc2)nc2sc(SCc3ccc(Cl)cc3)nn12. The Kier molecular flexibility index (Phi) is 5.57. The van der Waals surface area contributed by atoms with Gasteiger partial charge in [-0.2, -0.15) is 4.52 Å². The predicted molar refractivity (Wildman–Crippen MR) is 113 cm³/mol. The second kappa shape index (κ2) is 8.26. The number of thioether (sulfide) groups is 1. The second-order valence-electron chi connectivity index (χ2n) is 5.88. The van der Waals surface area contributed by atoms with Gasteiger partial charge in [-0.3, -0.25) is 4.79 Å². The van der Waals surface area contributed by atoms with Crippen LogP contribution in [0.25, 0.3) is 17.1 Å². The van der Waals surface area contributed by atoms with Crippen LogP contribution in [0.1, 0.15) is 16.8 Å². The van der Waals surface area contributed by atoms with Crippen LogP contribution in [0.5, 0.6) is 0 Å². The molecular weight excluding hydrogens is 417 g/mol. The van der Waals surface area contributed by atoms with E-state index in [9.17, 15) is 9.18 Å². The Morgan fingerprint density at radius 2 is 1.86 bits per heavy atom. The smallest absolute Gasteiger partial charge is 0.267 e. The topological polar surface area (TPSA) is 47.3 Å². The van der Waals surface area contributed by atoms with Crippen LogP contribution < -0.4 is 5.56 Å². The van der Waals surface area contributed by atoms with Crippen LogP contribution in [0.4, 0.5) is 4.39 Å². The molecule has 0 N–H and O–H groups in total. The number of nitrogens with zero attached hydrogens (tertiary/aromatic N) is 3. The molecule has 4 aromatic rings. The zero-order chi connectivity index (χ0) is 19.5. The molecule has 0 fully saturated rings. The summed E-state index contributed by atoms with van der Waals surface area (Å²) in [5.41, 5.74) is 2.24. The Bertz CT molecular complexity index is 1200. The molecule has 140 valence electrons. The van der Waals surface area contributed by atoms with E-state index in [4.69, 9.17) is 11.6 Å². The monoisotopic (exact) mass is 429 g/mol. The van der Waals surface area contributed by atoms with E-state index in [-0.39, 0.29) is 11.4 Å². The lowest BCUT2D eigenvalue weighted by atomic mass is 10.2. The summed E-state index contributed by atoms with van der Waals surface area (Å²) in [6.07, 6.45) is 3.52. The van der Waals surface area contributed by atoms with Gasteiger partial charge < -0.3 is 0 Å². The van der Waals surface area contributed by atoms with Crippen LogP contribution in [0.15, 0.2) is 63.7 Å². The van der Waals surface area contributed by atoms with Crippen molar-refractivity contribution in [2.45, 2.75) is 10.1 Å². The van der Waals surface area contributed by atoms with Gasteiger partial charge in [-0.25, -0.2) is 9.37 Å². The average Bonchev–Trinajstić information content (AvgIpc) is 3.11. The van der Waals surface area contributed by atoms with E-state index in [1.807, 2.05) is 24.3 Å². The molecule has 4 rings (SSSR count). The van der Waals surface area contributed by atoms with E-state index < -0.39 is 0 Å². The molecule has 0 aliphatic rings. The van der Waals surface area contributed by atoms with Crippen LogP contribution in [-0.4, -0.2) is 14.6 Å². The zero-order valence-corrected chi connectivity index (χ0v) is 16.8. The Hall–Kier alpha value is -2.48. The van der Waals surface area contributed by atoms with Crippen LogP contribution >= 0.6 is 34.7 Å². The van der Waals surface area contributed by atoms with Crippen molar-refractivity contribution < 1.29 is 4.39 Å². The first-order valence-corrected chi connectivity index (χ1v) is 10.5. The van der Waals surface area contributed by atoms with E-state index in [1.54, 1.807) is 36.0 Å². The molecule has 0 aliphatic carbocycles. The summed E-state index contributed by atoms with van der Waals surface area (Å²) >= 11 is 8.81. The highest BCUT2D eigenvalue weighted by Crippen LogP contribution is 2.27. The molecule has 8 heteroatoms. The van der Waals surface area contributed by atoms with Crippen molar-refractivity contribution in [3.8, 4) is 0 Å². The maximum Gasteiger partial charge on any atom is 0.275 e. The van der Waals surface area contributed by atoms with Crippen molar-refractivity contribution in [2.75, 3.05) is 0 Å². The summed E-state index contributed by atoms with van der Waals surface area (Å²) in [4.78, 5) is 17.4. The Labute approximate surface area is 173 Å². The third-order valence-electron chi connectivity index (χ3n) is 3.84. The third-order valence-corrected chi connectivity index (χ3v) is 6.20. The van der Waals surface area contributed by atoms with Gasteiger partial charge in [-0.1, -0.05) is 65.0 Å². The minimum absolute atomic E-state index is 0.238. The molecule has 2 aromatic heterocycles. The van der Waals surface area contributed by atoms with Crippen LogP contribution in [-0.2, 0) is 5.75 Å². The van der Waals surface area contributed by atoms with Gasteiger partial charge in [0.1, 0.15) is 5.82 Å². The Morgan fingerprint density at radius 3 is 2.61 bits per heavy atom. The van der Waals surface area contributed by atoms with E-state index in [0.29, 0.717) is 15.7 Å². The molecule has 0 radical (unpaired) electrons. The Balaban J connectivity index is 1.54. The van der Waals surface area contributed by atoms with Gasteiger partial charge in [0.15, 0.2) is 4.34 Å². The number of hydrogen-bond donors (Lipinski definition) is 0. The van der Waals surface area contributed by atoms with Crippen molar-refractivity contribution in [2.24, 2.45) is 0 Å². The van der Waals surface area contributed by atoms with Gasteiger partial charge in [0.25, 0.3) is 5.56 Å². The molecular formula is C20H13ClFN3OS2. The van der Waals surface area contributed by atoms with E-state index in [1.165, 1.54) is 34.1 Å². The number of aromatic nitrogens is 3. The zero-order valence-electron chi connectivity index (χ0n) is 14.4. The highest BCUT2D eigenvalue weighted by Gasteiger charge is 2.09. The second-order valence-corrected chi connectivity index (χ2v) is 8.50. The molecule has 4 nitrogen and oxygen atoms in total. The van der Waals surface area contributed by atoms with Crippen molar-refractivity contribution in [1.29, 1.82) is 0 Å². The summed E-state index contributed by atoms with van der Waals surface area (Å²) < 4.78 is 15.0. The van der Waals surface area contributed by atoms with Gasteiger partial charge in [0.05, 0.1) is 5.69 Å². The van der Waals surface area contributed by atoms with Gasteiger partial charge >= 0.3 is 0 Å². The summed E-state index contributed by atoms with van der Waals surface area (Å²) in [7, 11) is 0. The van der Waals surface area contributed by atoms with Crippen molar-refractivity contribution in [3.63, 3.8) is 0 Å². The number of benzene rings is 2. The molecule has 0 saturated carbocycles. The molecule has 2 aromatic carbocycles. The number of halogens is 2. The van der Waals surface area contributed by atoms with Gasteiger partial charge in [0.2, 0.25) is 4.96 Å². The van der Waals surface area contributed by atoms with Crippen LogP contribution in [0, 0.1) is 5.82 Å². The van der Waals surface area contributed by atoms with E-state index >= 15 is 0 Å². The normalized spacial score (nSPS) is 11.5. The number of hydrogen-bond acceptors (Lipinski definition) is 5. The molecule has 0 saturated heterocycles. The average molecular weight is 430 g/mol. The van der Waals surface area contributed by atoms with Gasteiger partial charge in [-0.05, 0) is 41.5 Å². The molecule has 0 atom stereocenters. The standard InChI is InChI=1S/C20H13ClFN3OS2/c21-15-6-1-14(2-7-15)12-27-20-24-25-18(26)11-17(23-19(25)28-20)10-5-13-3-8-16(22)9-4-13/h1-11H,12H2/b10-5+. The first kappa shape index (κ1) is 18.9. The minimum Gasteiger partial charge on any atom is -0.267 e. The first-order chi connectivity index (χ1) is 13.6. The molecule has 0 bridgehead atoms. The van der Waals surface area contributed by atoms with Crippen molar-refractivity contribution >= 4 is 51.8 Å². The maximum absolute atomic E-state index is 13.0. The fourth-order valence-electron chi connectivity index (χ4n) is 2.44. The van der Waals surface area contributed by atoms with Crippen molar-refractivity contribution in [1.82, 2.24) is 14.6 Å². The quantitative estimate of drug-likeness (QED) is 0.398. The molecule has 0 amide bonds. The summed E-state index contributed by atoms with van der Waals surface area (Å²) in [5.74, 6) is 0.437. The van der Waals surface area contributed by atoms with E-state index in [0.717, 1.165) is 21.2 Å². The summed E-state index contributed by atoms with van der Waals surface area (Å²) in [5, 5.41) is 5.05. The predicted octanol–water partition coefficient (Wildman–Crippen LogP) is 5.41. The third kappa shape index (κ3) is 4.49. The fraction of sp³-hybridized carbons (Fsp3) is 0.0500. The summed E-state index contributed by atoms with van der Waals surface area (Å²) in [6.45, 7) is 0. The molecule has 28 heavy (non-hydrogen) atoms. The number of rotatable bonds is 5. The van der Waals surface area contributed by atoms with Crippen molar-refractivity contribution in [3.05, 3.63) is 92.6 Å². The lowest BCUT2D eigenvalue weighted by molar-refractivity contribution is 0.628. The molecule has 0 spiro atoms. The lowest BCUT2D eigenvalue weighted by Crippen LogP contribution is -2.14. The highest BCUT2D eigenvalue weighted by molar-refractivity contribution is 8.00. The summed E-state index contributed by atoms with van der Waals surface area (Å²) in [6, 6.07) is 15.2. The minimum atomic E-state index is -0.289. The maximum atomic E-state index is 13.0. The largest absolute Gasteiger partial charge is 0.275 e. The lowest BCUT2D eigenvalue weighted by Gasteiger charge is -1.98. The van der Waals surface area contributed by atoms with Gasteiger partial charge in [0, 0.05) is 16.8 Å². The molecule has 0 aliphatic heterocycles. The highest BCUT2D eigenvalue weighted by atomic mass is 35.5.